The first-order valence-corrected chi connectivity index (χ1v) is 6.81. The maximum absolute atomic E-state index is 12.1. The van der Waals surface area contributed by atoms with E-state index in [0.29, 0.717) is 29.5 Å². The molecule has 1 fully saturated rings. The highest BCUT2D eigenvalue weighted by Gasteiger charge is 2.18. The molecule has 4 heteroatoms. The van der Waals surface area contributed by atoms with Gasteiger partial charge in [-0.3, -0.25) is 0 Å². The minimum atomic E-state index is -0.352. The molecule has 1 saturated carbocycles. The van der Waals surface area contributed by atoms with Crippen LogP contribution in [-0.4, -0.2) is 19.7 Å². The summed E-state index contributed by atoms with van der Waals surface area (Å²) in [5.41, 5.74) is 6.63. The lowest BCUT2D eigenvalue weighted by Crippen LogP contribution is -2.17. The van der Waals surface area contributed by atoms with Gasteiger partial charge in [0, 0.05) is 5.69 Å². The third kappa shape index (κ3) is 3.63. The van der Waals surface area contributed by atoms with Crippen LogP contribution in [0.4, 0.5) is 5.69 Å². The summed E-state index contributed by atoms with van der Waals surface area (Å²) in [6.07, 6.45) is 6.09. The summed E-state index contributed by atoms with van der Waals surface area (Å²) in [6, 6.07) is 4.99. The molecule has 2 rings (SSSR count). The van der Waals surface area contributed by atoms with Crippen LogP contribution in [-0.2, 0) is 4.74 Å². The molecule has 2 N–H and O–H groups in total. The van der Waals surface area contributed by atoms with Crippen LogP contribution in [0.25, 0.3) is 0 Å². The van der Waals surface area contributed by atoms with Gasteiger partial charge in [0.25, 0.3) is 0 Å². The number of benzene rings is 1. The molecule has 1 aromatic carbocycles. The second-order valence-electron chi connectivity index (χ2n) is 5.06. The average Bonchev–Trinajstić information content (AvgIpc) is 2.46. The zero-order valence-electron chi connectivity index (χ0n) is 11.4. The number of carbonyl (C=O) groups excluding carboxylic acids is 1. The molecule has 0 atom stereocenters. The smallest absolute Gasteiger partial charge is 0.342 e. The van der Waals surface area contributed by atoms with E-state index in [4.69, 9.17) is 15.2 Å². The van der Waals surface area contributed by atoms with E-state index < -0.39 is 0 Å². The Hall–Kier alpha value is -1.71. The first-order valence-electron chi connectivity index (χ1n) is 6.81. The summed E-state index contributed by atoms with van der Waals surface area (Å²) in [6.45, 7) is 0.497. The molecule has 1 aromatic rings. The summed E-state index contributed by atoms with van der Waals surface area (Å²) in [5.74, 6) is 0.655. The Kier molecular flexibility index (Phi) is 4.66. The minimum Gasteiger partial charge on any atom is -0.496 e. The number of hydrogen-bond acceptors (Lipinski definition) is 4. The van der Waals surface area contributed by atoms with Crippen LogP contribution in [0, 0.1) is 5.92 Å². The van der Waals surface area contributed by atoms with E-state index in [9.17, 15) is 4.79 Å². The van der Waals surface area contributed by atoms with E-state index in [1.54, 1.807) is 18.2 Å². The molecule has 19 heavy (non-hydrogen) atoms. The SMILES string of the molecule is COc1ccc(N)cc1C(=O)OCC1CCCCC1. The second-order valence-corrected chi connectivity index (χ2v) is 5.06. The standard InChI is InChI=1S/C15H21NO3/c1-18-14-8-7-12(16)9-13(14)15(17)19-10-11-5-3-2-4-6-11/h7-9,11H,2-6,10,16H2,1H3. The molecule has 0 unspecified atom stereocenters. The Balaban J connectivity index is 1.97. The Bertz CT molecular complexity index is 439. The molecule has 0 aliphatic heterocycles. The van der Waals surface area contributed by atoms with Crippen molar-refractivity contribution in [2.45, 2.75) is 32.1 Å². The van der Waals surface area contributed by atoms with Gasteiger partial charge >= 0.3 is 5.97 Å². The highest BCUT2D eigenvalue weighted by atomic mass is 16.5. The third-order valence-electron chi connectivity index (χ3n) is 3.62. The molecule has 0 bridgehead atoms. The molecule has 0 radical (unpaired) electrons. The minimum absolute atomic E-state index is 0.352. The molecule has 1 aliphatic carbocycles. The van der Waals surface area contributed by atoms with Crippen molar-refractivity contribution in [1.29, 1.82) is 0 Å². The highest BCUT2D eigenvalue weighted by Crippen LogP contribution is 2.25. The maximum Gasteiger partial charge on any atom is 0.342 e. The first kappa shape index (κ1) is 13.7. The van der Waals surface area contributed by atoms with Gasteiger partial charge < -0.3 is 15.2 Å². The van der Waals surface area contributed by atoms with Gasteiger partial charge in [0.15, 0.2) is 0 Å². The number of carbonyl (C=O) groups is 1. The van der Waals surface area contributed by atoms with E-state index in [0.717, 1.165) is 12.8 Å². The Morgan fingerprint density at radius 1 is 1.32 bits per heavy atom. The largest absolute Gasteiger partial charge is 0.496 e. The van der Waals surface area contributed by atoms with Crippen LogP contribution in [0.3, 0.4) is 0 Å². The molecular formula is C15H21NO3. The molecule has 0 saturated heterocycles. The van der Waals surface area contributed by atoms with E-state index in [-0.39, 0.29) is 5.97 Å². The van der Waals surface area contributed by atoms with Crippen molar-refractivity contribution in [2.75, 3.05) is 19.5 Å². The van der Waals surface area contributed by atoms with E-state index in [1.165, 1.54) is 26.4 Å². The Morgan fingerprint density at radius 2 is 2.05 bits per heavy atom. The third-order valence-corrected chi connectivity index (χ3v) is 3.62. The van der Waals surface area contributed by atoms with Gasteiger partial charge in [-0.25, -0.2) is 4.79 Å². The van der Waals surface area contributed by atoms with Crippen molar-refractivity contribution in [3.05, 3.63) is 23.8 Å². The first-order chi connectivity index (χ1) is 9.20. The van der Waals surface area contributed by atoms with Gasteiger partial charge in [-0.1, -0.05) is 19.3 Å². The molecule has 0 aromatic heterocycles. The van der Waals surface area contributed by atoms with Crippen LogP contribution < -0.4 is 10.5 Å². The Labute approximate surface area is 113 Å². The van der Waals surface area contributed by atoms with E-state index in [2.05, 4.69) is 0 Å². The fraction of sp³-hybridized carbons (Fsp3) is 0.533. The summed E-state index contributed by atoms with van der Waals surface area (Å²) in [4.78, 5) is 12.1. The summed E-state index contributed by atoms with van der Waals surface area (Å²) < 4.78 is 10.5. The second kappa shape index (κ2) is 6.45. The number of nitrogens with two attached hydrogens (primary N) is 1. The lowest BCUT2D eigenvalue weighted by molar-refractivity contribution is 0.0407. The number of ether oxygens (including phenoxy) is 2. The molecule has 0 amide bonds. The van der Waals surface area contributed by atoms with Crippen LogP contribution in [0.2, 0.25) is 0 Å². The quantitative estimate of drug-likeness (QED) is 0.670. The van der Waals surface area contributed by atoms with Gasteiger partial charge in [-0.2, -0.15) is 0 Å². The monoisotopic (exact) mass is 263 g/mol. The van der Waals surface area contributed by atoms with Crippen molar-refractivity contribution in [3.63, 3.8) is 0 Å². The van der Waals surface area contributed by atoms with Crippen molar-refractivity contribution >= 4 is 11.7 Å². The topological polar surface area (TPSA) is 61.5 Å². The fourth-order valence-electron chi connectivity index (χ4n) is 2.51. The molecule has 4 nitrogen and oxygen atoms in total. The number of nitrogen functional groups attached to an aromatic ring is 1. The zero-order chi connectivity index (χ0) is 13.7. The number of hydrogen-bond donors (Lipinski definition) is 1. The van der Waals surface area contributed by atoms with Crippen molar-refractivity contribution in [3.8, 4) is 5.75 Å². The predicted molar refractivity (Wildman–Crippen MR) is 74.3 cm³/mol. The molecule has 1 aliphatic rings. The van der Waals surface area contributed by atoms with Gasteiger partial charge in [0.2, 0.25) is 0 Å². The highest BCUT2D eigenvalue weighted by molar-refractivity contribution is 5.93. The Morgan fingerprint density at radius 3 is 2.74 bits per heavy atom. The molecule has 104 valence electrons. The van der Waals surface area contributed by atoms with Crippen LogP contribution in [0.1, 0.15) is 42.5 Å². The van der Waals surface area contributed by atoms with Crippen LogP contribution >= 0.6 is 0 Å². The normalized spacial score (nSPS) is 16.1. The molecular weight excluding hydrogens is 242 g/mol. The van der Waals surface area contributed by atoms with Crippen LogP contribution in [0.5, 0.6) is 5.75 Å². The summed E-state index contributed by atoms with van der Waals surface area (Å²) >= 11 is 0. The van der Waals surface area contributed by atoms with E-state index in [1.807, 2.05) is 0 Å². The van der Waals surface area contributed by atoms with E-state index >= 15 is 0 Å². The van der Waals surface area contributed by atoms with Crippen LogP contribution in [0.15, 0.2) is 18.2 Å². The van der Waals surface area contributed by atoms with Crippen molar-refractivity contribution in [2.24, 2.45) is 5.92 Å². The van der Waals surface area contributed by atoms with Gasteiger partial charge in [0.1, 0.15) is 11.3 Å². The number of methoxy groups -OCH3 is 1. The zero-order valence-corrected chi connectivity index (χ0v) is 11.4. The molecule has 0 spiro atoms. The van der Waals surface area contributed by atoms with Gasteiger partial charge in [0.05, 0.1) is 13.7 Å². The van der Waals surface area contributed by atoms with Gasteiger partial charge in [-0.15, -0.1) is 0 Å². The summed E-state index contributed by atoms with van der Waals surface area (Å²) in [7, 11) is 1.53. The fourth-order valence-corrected chi connectivity index (χ4v) is 2.51. The molecule has 0 heterocycles. The number of rotatable bonds is 4. The lowest BCUT2D eigenvalue weighted by Gasteiger charge is -2.21. The number of anilines is 1. The average molecular weight is 263 g/mol. The maximum atomic E-state index is 12.1. The van der Waals surface area contributed by atoms with Gasteiger partial charge in [-0.05, 0) is 37.0 Å². The van der Waals surface area contributed by atoms with Crippen molar-refractivity contribution < 1.29 is 14.3 Å². The number of esters is 1. The van der Waals surface area contributed by atoms with Crippen molar-refractivity contribution in [1.82, 2.24) is 0 Å². The summed E-state index contributed by atoms with van der Waals surface area (Å²) in [5, 5.41) is 0. The lowest BCUT2D eigenvalue weighted by atomic mass is 9.90. The predicted octanol–water partition coefficient (Wildman–Crippen LogP) is 3.01.